The van der Waals surface area contributed by atoms with Crippen molar-refractivity contribution in [3.63, 3.8) is 0 Å². The Morgan fingerprint density at radius 3 is 2.52 bits per heavy atom. The minimum Gasteiger partial charge on any atom is -0.495 e. The van der Waals surface area contributed by atoms with E-state index >= 15 is 0 Å². The van der Waals surface area contributed by atoms with Crippen LogP contribution in [-0.2, 0) is 6.54 Å². The van der Waals surface area contributed by atoms with Gasteiger partial charge in [0.2, 0.25) is 0 Å². The molecule has 0 amide bonds. The maximum absolute atomic E-state index is 5.48. The molecule has 0 radical (unpaired) electrons. The summed E-state index contributed by atoms with van der Waals surface area (Å²) < 4.78 is 10.9. The van der Waals surface area contributed by atoms with Gasteiger partial charge in [0, 0.05) is 11.6 Å². The van der Waals surface area contributed by atoms with E-state index in [0.29, 0.717) is 24.0 Å². The van der Waals surface area contributed by atoms with Crippen LogP contribution in [0.4, 0.5) is 17.3 Å². The Kier molecular flexibility index (Phi) is 5.42. The summed E-state index contributed by atoms with van der Waals surface area (Å²) in [6.07, 6.45) is 1.66. The summed E-state index contributed by atoms with van der Waals surface area (Å²) in [6.45, 7) is 2.57. The van der Waals surface area contributed by atoms with Crippen LogP contribution in [-0.4, -0.2) is 17.1 Å². The van der Waals surface area contributed by atoms with Gasteiger partial charge in [0.1, 0.15) is 23.1 Å². The third-order valence-corrected chi connectivity index (χ3v) is 4.40. The molecule has 0 saturated heterocycles. The van der Waals surface area contributed by atoms with Crippen LogP contribution in [0.2, 0.25) is 0 Å². The lowest BCUT2D eigenvalue weighted by Gasteiger charge is -2.14. The van der Waals surface area contributed by atoms with Gasteiger partial charge in [0.05, 0.1) is 25.6 Å². The zero-order valence-corrected chi connectivity index (χ0v) is 16.3. The fourth-order valence-corrected chi connectivity index (χ4v) is 2.97. The van der Waals surface area contributed by atoms with Crippen molar-refractivity contribution in [1.82, 2.24) is 9.97 Å². The average molecular weight is 386 g/mol. The molecule has 2 aromatic carbocycles. The van der Waals surface area contributed by atoms with Gasteiger partial charge in [-0.15, -0.1) is 0 Å². The number of aromatic nitrogens is 2. The minimum absolute atomic E-state index is 0.533. The topological polar surface area (TPSA) is 72.2 Å². The third kappa shape index (κ3) is 4.55. The standard InChI is InChI=1S/C23H22N4O2/c1-16-10-11-20(28-2)19(13-16)25-22-14-21(24-15-18-9-6-12-29-18)26-23(27-22)17-7-4-3-5-8-17/h3-14H,15H2,1-2H3,(H2,24,25,26,27). The lowest BCUT2D eigenvalue weighted by atomic mass is 10.2. The minimum atomic E-state index is 0.533. The first-order chi connectivity index (χ1) is 14.2. The highest BCUT2D eigenvalue weighted by molar-refractivity contribution is 5.69. The Bertz CT molecular complexity index is 1080. The van der Waals surface area contributed by atoms with Crippen molar-refractivity contribution in [2.75, 3.05) is 17.7 Å². The van der Waals surface area contributed by atoms with Crippen LogP contribution in [0, 0.1) is 6.92 Å². The zero-order valence-electron chi connectivity index (χ0n) is 16.3. The molecule has 0 aliphatic carbocycles. The van der Waals surface area contributed by atoms with Gasteiger partial charge in [-0.3, -0.25) is 0 Å². The molecule has 0 fully saturated rings. The first-order valence-corrected chi connectivity index (χ1v) is 9.34. The average Bonchev–Trinajstić information content (AvgIpc) is 3.27. The number of anilines is 3. The first-order valence-electron chi connectivity index (χ1n) is 9.34. The molecule has 0 unspecified atom stereocenters. The van der Waals surface area contributed by atoms with E-state index in [1.165, 1.54) is 0 Å². The Morgan fingerprint density at radius 1 is 0.931 bits per heavy atom. The van der Waals surface area contributed by atoms with Gasteiger partial charge >= 0.3 is 0 Å². The zero-order chi connectivity index (χ0) is 20.1. The first kappa shape index (κ1) is 18.6. The molecule has 4 rings (SSSR count). The summed E-state index contributed by atoms with van der Waals surface area (Å²) >= 11 is 0. The summed E-state index contributed by atoms with van der Waals surface area (Å²) in [5.74, 6) is 3.58. The van der Waals surface area contributed by atoms with Crippen LogP contribution in [0.1, 0.15) is 11.3 Å². The summed E-state index contributed by atoms with van der Waals surface area (Å²) in [6, 6.07) is 21.5. The van der Waals surface area contributed by atoms with E-state index in [4.69, 9.17) is 14.1 Å². The summed E-state index contributed by atoms with van der Waals surface area (Å²) in [5.41, 5.74) is 2.91. The second-order valence-corrected chi connectivity index (χ2v) is 6.59. The van der Waals surface area contributed by atoms with Gasteiger partial charge in [-0.25, -0.2) is 9.97 Å². The van der Waals surface area contributed by atoms with Gasteiger partial charge in [0.15, 0.2) is 5.82 Å². The molecule has 0 aliphatic heterocycles. The van der Waals surface area contributed by atoms with Crippen molar-refractivity contribution in [3.8, 4) is 17.1 Å². The van der Waals surface area contributed by atoms with Crippen LogP contribution in [0.3, 0.4) is 0 Å². The lowest BCUT2D eigenvalue weighted by Crippen LogP contribution is -2.05. The maximum atomic E-state index is 5.48. The summed E-state index contributed by atoms with van der Waals surface area (Å²) in [5, 5.41) is 6.68. The highest BCUT2D eigenvalue weighted by Crippen LogP contribution is 2.29. The van der Waals surface area contributed by atoms with Crippen molar-refractivity contribution >= 4 is 17.3 Å². The van der Waals surface area contributed by atoms with Gasteiger partial charge in [0.25, 0.3) is 0 Å². The molecule has 0 aliphatic rings. The van der Waals surface area contributed by atoms with E-state index in [1.807, 2.05) is 73.7 Å². The van der Waals surface area contributed by atoms with Gasteiger partial charge in [-0.05, 0) is 36.8 Å². The highest BCUT2D eigenvalue weighted by atomic mass is 16.5. The number of hydrogen-bond donors (Lipinski definition) is 2. The monoisotopic (exact) mass is 386 g/mol. The molecule has 4 aromatic rings. The number of nitrogens with zero attached hydrogens (tertiary/aromatic N) is 2. The number of hydrogen-bond acceptors (Lipinski definition) is 6. The van der Waals surface area contributed by atoms with Crippen LogP contribution in [0.15, 0.2) is 77.4 Å². The molecule has 2 heterocycles. The van der Waals surface area contributed by atoms with E-state index in [-0.39, 0.29) is 0 Å². The van der Waals surface area contributed by atoms with Crippen LogP contribution < -0.4 is 15.4 Å². The smallest absolute Gasteiger partial charge is 0.163 e. The molecular formula is C23H22N4O2. The van der Waals surface area contributed by atoms with E-state index < -0.39 is 0 Å². The molecule has 146 valence electrons. The van der Waals surface area contributed by atoms with Crippen LogP contribution >= 0.6 is 0 Å². The second kappa shape index (κ2) is 8.48. The number of aryl methyl sites for hydroxylation is 1. The number of ether oxygens (including phenoxy) is 1. The molecule has 6 heteroatoms. The number of rotatable bonds is 7. The van der Waals surface area contributed by atoms with E-state index in [0.717, 1.165) is 28.3 Å². The van der Waals surface area contributed by atoms with Crippen molar-refractivity contribution in [2.45, 2.75) is 13.5 Å². The Morgan fingerprint density at radius 2 is 1.76 bits per heavy atom. The molecule has 29 heavy (non-hydrogen) atoms. The Labute approximate surface area is 169 Å². The van der Waals surface area contributed by atoms with Crippen LogP contribution in [0.5, 0.6) is 5.75 Å². The SMILES string of the molecule is COc1ccc(C)cc1Nc1cc(NCc2ccco2)nc(-c2ccccc2)n1. The number of furan rings is 1. The van der Waals surface area contributed by atoms with E-state index in [9.17, 15) is 0 Å². The van der Waals surface area contributed by atoms with Gasteiger partial charge in [-0.1, -0.05) is 36.4 Å². The fraction of sp³-hybridized carbons (Fsp3) is 0.130. The van der Waals surface area contributed by atoms with Gasteiger partial charge in [-0.2, -0.15) is 0 Å². The van der Waals surface area contributed by atoms with Crippen molar-refractivity contribution < 1.29 is 9.15 Å². The third-order valence-electron chi connectivity index (χ3n) is 4.40. The van der Waals surface area contributed by atoms with E-state index in [1.54, 1.807) is 13.4 Å². The largest absolute Gasteiger partial charge is 0.495 e. The molecule has 0 bridgehead atoms. The van der Waals surface area contributed by atoms with Gasteiger partial charge < -0.3 is 19.8 Å². The predicted molar refractivity (Wildman–Crippen MR) is 115 cm³/mol. The highest BCUT2D eigenvalue weighted by Gasteiger charge is 2.10. The number of benzene rings is 2. The number of nitrogens with one attached hydrogen (secondary N) is 2. The molecule has 2 aromatic heterocycles. The summed E-state index contributed by atoms with van der Waals surface area (Å²) in [4.78, 5) is 9.38. The predicted octanol–water partition coefficient (Wildman–Crippen LogP) is 5.41. The molecule has 2 N–H and O–H groups in total. The lowest BCUT2D eigenvalue weighted by molar-refractivity contribution is 0.416. The summed E-state index contributed by atoms with van der Waals surface area (Å²) in [7, 11) is 1.65. The quantitative estimate of drug-likeness (QED) is 0.442. The Balaban J connectivity index is 1.68. The maximum Gasteiger partial charge on any atom is 0.163 e. The normalized spacial score (nSPS) is 10.6. The molecule has 0 spiro atoms. The van der Waals surface area contributed by atoms with Crippen molar-refractivity contribution in [3.05, 3.63) is 84.3 Å². The van der Waals surface area contributed by atoms with E-state index in [2.05, 4.69) is 15.6 Å². The van der Waals surface area contributed by atoms with Crippen LogP contribution in [0.25, 0.3) is 11.4 Å². The molecular weight excluding hydrogens is 364 g/mol. The van der Waals surface area contributed by atoms with Crippen molar-refractivity contribution in [1.29, 1.82) is 0 Å². The molecule has 0 saturated carbocycles. The van der Waals surface area contributed by atoms with Crippen molar-refractivity contribution in [2.24, 2.45) is 0 Å². The molecule has 6 nitrogen and oxygen atoms in total. The Hall–Kier alpha value is -3.80. The second-order valence-electron chi connectivity index (χ2n) is 6.59. The number of methoxy groups -OCH3 is 1. The fourth-order valence-electron chi connectivity index (χ4n) is 2.97. The molecule has 0 atom stereocenters.